The van der Waals surface area contributed by atoms with Crippen molar-refractivity contribution in [2.45, 2.75) is 57.6 Å². The van der Waals surface area contributed by atoms with Crippen LogP contribution >= 0.6 is 0 Å². The second-order valence-corrected chi connectivity index (χ2v) is 15.4. The van der Waals surface area contributed by atoms with Gasteiger partial charge in [0.2, 0.25) is 0 Å². The number of rotatable bonds is 7. The number of fused-ring (bicyclic) bond motifs is 8. The summed E-state index contributed by atoms with van der Waals surface area (Å²) in [6.07, 6.45) is 0.873. The molecule has 1 N–H and O–H groups in total. The van der Waals surface area contributed by atoms with Gasteiger partial charge in [0.15, 0.2) is 5.82 Å². The Morgan fingerprint density at radius 2 is 1.11 bits per heavy atom. The van der Waals surface area contributed by atoms with Crippen LogP contribution in [0.1, 0.15) is 39.5 Å². The molecule has 2 unspecified atom stereocenters. The molecule has 0 radical (unpaired) electrons. The molecule has 0 saturated carbocycles. The lowest BCUT2D eigenvalue weighted by Crippen LogP contribution is -2.40. The van der Waals surface area contributed by atoms with Gasteiger partial charge < -0.3 is 18.9 Å². The van der Waals surface area contributed by atoms with Gasteiger partial charge in [0.05, 0.1) is 25.7 Å². The normalized spacial score (nSPS) is 18.0. The SMILES string of the molecule is N#CCN1C(=O)C2Cc3c(n(Cc4ccc(F)cc4)c4ccccc34)CN2C1=O.O=C1C2Cc3c(n(Cc4ccc(F)cc4)c4ccccc34)CN2C(=O)N1Cc1nn[nH]n1. The third-order valence-electron chi connectivity index (χ3n) is 12.1. The van der Waals surface area contributed by atoms with Crippen LogP contribution in [0, 0.1) is 23.0 Å². The molecule has 2 fully saturated rings. The number of benzene rings is 4. The molecular formula is C44H35F2N11O4. The minimum absolute atomic E-state index is 0.0122. The summed E-state index contributed by atoms with van der Waals surface area (Å²) in [5.41, 5.74) is 8.08. The average molecular weight is 820 g/mol. The number of hydrogen-bond acceptors (Lipinski definition) is 8. The highest BCUT2D eigenvalue weighted by Crippen LogP contribution is 2.38. The molecule has 6 amide bonds. The van der Waals surface area contributed by atoms with Crippen molar-refractivity contribution in [1.29, 1.82) is 5.26 Å². The van der Waals surface area contributed by atoms with Gasteiger partial charge >= 0.3 is 12.1 Å². The molecule has 4 aliphatic heterocycles. The number of amides is 6. The fourth-order valence-electron chi connectivity index (χ4n) is 9.18. The molecule has 0 spiro atoms. The third-order valence-corrected chi connectivity index (χ3v) is 12.1. The van der Waals surface area contributed by atoms with Crippen molar-refractivity contribution in [2.75, 3.05) is 6.54 Å². The maximum absolute atomic E-state index is 13.4. The molecule has 2 atom stereocenters. The fraction of sp³-hybridized carbons (Fsp3) is 0.227. The number of hydrogen-bond donors (Lipinski definition) is 1. The minimum atomic E-state index is -0.562. The van der Waals surface area contributed by atoms with Crippen molar-refractivity contribution in [3.8, 4) is 6.07 Å². The number of aromatic amines is 1. The topological polar surface area (TPSA) is 169 Å². The molecule has 0 bridgehead atoms. The van der Waals surface area contributed by atoms with E-state index in [9.17, 15) is 28.0 Å². The number of urea groups is 2. The zero-order chi connectivity index (χ0) is 41.9. The largest absolute Gasteiger partial charge is 0.338 e. The first-order valence-electron chi connectivity index (χ1n) is 19.7. The Balaban J connectivity index is 0.000000147. The number of carbonyl (C=O) groups excluding carboxylic acids is 4. The molecule has 61 heavy (non-hydrogen) atoms. The molecule has 11 rings (SSSR count). The summed E-state index contributed by atoms with van der Waals surface area (Å²) in [4.78, 5) is 57.0. The van der Waals surface area contributed by atoms with Gasteiger partial charge in [0, 0.05) is 59.1 Å². The van der Waals surface area contributed by atoms with Crippen LogP contribution in [-0.4, -0.2) is 91.9 Å². The van der Waals surface area contributed by atoms with Crippen molar-refractivity contribution in [3.63, 3.8) is 0 Å². The van der Waals surface area contributed by atoms with Crippen molar-refractivity contribution in [2.24, 2.45) is 0 Å². The van der Waals surface area contributed by atoms with Crippen molar-refractivity contribution < 1.29 is 28.0 Å². The van der Waals surface area contributed by atoms with Crippen LogP contribution in [0.4, 0.5) is 18.4 Å². The number of aromatic nitrogens is 6. The van der Waals surface area contributed by atoms with E-state index in [1.807, 2.05) is 54.6 Å². The number of nitriles is 1. The summed E-state index contributed by atoms with van der Waals surface area (Å²) in [7, 11) is 0. The van der Waals surface area contributed by atoms with Gasteiger partial charge in [0.1, 0.15) is 30.3 Å². The van der Waals surface area contributed by atoms with E-state index < -0.39 is 18.1 Å². The second kappa shape index (κ2) is 14.8. The van der Waals surface area contributed by atoms with E-state index in [4.69, 9.17) is 5.26 Å². The lowest BCUT2D eigenvalue weighted by Gasteiger charge is -2.28. The summed E-state index contributed by atoms with van der Waals surface area (Å²) in [5, 5.41) is 24.6. The Kier molecular flexibility index (Phi) is 9.12. The average Bonchev–Trinajstić information content (AvgIpc) is 4.08. The standard InChI is InChI=1S/C22H18FN7O2.C22H17FN4O2/c23-14-7-5-13(6-8-14)10-28-17-4-2-1-3-15(17)16-9-18-21(31)30(12-20-24-26-27-25-20)22(32)29(18)11-19(16)28;23-15-7-5-14(6-8-15)12-26-18-4-2-1-3-16(18)17-11-19-21(28)25(10-9-24)22(29)27(19)13-20(17)26/h1-8,18H,9-12H2,(H,24,25,26,27);1-8,19H,10-13H2. The first-order valence-corrected chi connectivity index (χ1v) is 19.7. The predicted molar refractivity (Wildman–Crippen MR) is 214 cm³/mol. The monoisotopic (exact) mass is 819 g/mol. The highest BCUT2D eigenvalue weighted by Gasteiger charge is 2.50. The lowest BCUT2D eigenvalue weighted by atomic mass is 9.97. The number of para-hydroxylation sites is 2. The number of imide groups is 2. The van der Waals surface area contributed by atoms with Crippen molar-refractivity contribution in [1.82, 2.24) is 49.4 Å². The summed E-state index contributed by atoms with van der Waals surface area (Å²) >= 11 is 0. The van der Waals surface area contributed by atoms with Crippen LogP contribution in [0.2, 0.25) is 0 Å². The lowest BCUT2D eigenvalue weighted by molar-refractivity contribution is -0.129. The Morgan fingerprint density at radius 1 is 0.639 bits per heavy atom. The van der Waals surface area contributed by atoms with Gasteiger partial charge in [-0.2, -0.15) is 10.5 Å². The number of H-pyrrole nitrogens is 1. The molecule has 3 aromatic heterocycles. The molecule has 0 aliphatic carbocycles. The van der Waals surface area contributed by atoms with Gasteiger partial charge in [0.25, 0.3) is 11.8 Å². The maximum Gasteiger partial charge on any atom is 0.328 e. The first kappa shape index (κ1) is 37.5. The van der Waals surface area contributed by atoms with Crippen LogP contribution in [0.25, 0.3) is 21.8 Å². The van der Waals surface area contributed by atoms with Gasteiger partial charge in [-0.25, -0.2) is 23.3 Å². The number of nitrogens with one attached hydrogen (secondary N) is 1. The molecule has 4 aromatic carbocycles. The summed E-state index contributed by atoms with van der Waals surface area (Å²) in [6, 6.07) is 28.8. The third kappa shape index (κ3) is 6.34. The highest BCUT2D eigenvalue weighted by molar-refractivity contribution is 6.06. The first-order chi connectivity index (χ1) is 29.7. The minimum Gasteiger partial charge on any atom is -0.338 e. The molecule has 7 aromatic rings. The van der Waals surface area contributed by atoms with E-state index in [1.54, 1.807) is 34.1 Å². The molecular weight excluding hydrogens is 785 g/mol. The predicted octanol–water partition coefficient (Wildman–Crippen LogP) is 5.27. The van der Waals surface area contributed by atoms with E-state index in [2.05, 4.69) is 29.8 Å². The van der Waals surface area contributed by atoms with Gasteiger partial charge in [-0.3, -0.25) is 14.5 Å². The van der Waals surface area contributed by atoms with Crippen LogP contribution < -0.4 is 0 Å². The number of halogens is 2. The quantitative estimate of drug-likeness (QED) is 0.168. The summed E-state index contributed by atoms with van der Waals surface area (Å²) < 4.78 is 31.0. The maximum atomic E-state index is 13.4. The highest BCUT2D eigenvalue weighted by atomic mass is 19.1. The van der Waals surface area contributed by atoms with E-state index >= 15 is 0 Å². The molecule has 15 nitrogen and oxygen atoms in total. The summed E-state index contributed by atoms with van der Waals surface area (Å²) in [6.45, 7) is 1.47. The van der Waals surface area contributed by atoms with Gasteiger partial charge in [-0.05, 0) is 58.7 Å². The fourth-order valence-corrected chi connectivity index (χ4v) is 9.18. The van der Waals surface area contributed by atoms with Gasteiger partial charge in [-0.1, -0.05) is 65.9 Å². The van der Waals surface area contributed by atoms with Crippen LogP contribution in [0.3, 0.4) is 0 Å². The van der Waals surface area contributed by atoms with Crippen molar-refractivity contribution >= 4 is 45.7 Å². The van der Waals surface area contributed by atoms with Crippen LogP contribution in [0.15, 0.2) is 97.1 Å². The van der Waals surface area contributed by atoms with Crippen LogP contribution in [-0.2, 0) is 55.2 Å². The van der Waals surface area contributed by atoms with E-state index in [-0.39, 0.29) is 48.4 Å². The molecule has 17 heteroatoms. The Labute approximate surface area is 346 Å². The number of nitrogens with zero attached hydrogens (tertiary/aromatic N) is 10. The number of carbonyl (C=O) groups is 4. The van der Waals surface area contributed by atoms with Gasteiger partial charge in [-0.15, -0.1) is 10.2 Å². The Morgan fingerprint density at radius 3 is 1.59 bits per heavy atom. The molecule has 4 aliphatic rings. The number of tetrazole rings is 1. The van der Waals surface area contributed by atoms with Crippen LogP contribution in [0.5, 0.6) is 0 Å². The van der Waals surface area contributed by atoms with E-state index in [0.717, 1.165) is 60.3 Å². The van der Waals surface area contributed by atoms with E-state index in [1.165, 1.54) is 29.2 Å². The second-order valence-electron chi connectivity index (χ2n) is 15.4. The summed E-state index contributed by atoms with van der Waals surface area (Å²) in [5.74, 6) is -0.831. The van der Waals surface area contributed by atoms with E-state index in [0.29, 0.717) is 39.0 Å². The molecule has 7 heterocycles. The molecule has 304 valence electrons. The Bertz CT molecular complexity index is 2940. The van der Waals surface area contributed by atoms with Crippen molar-refractivity contribution in [3.05, 3.63) is 148 Å². The zero-order valence-electron chi connectivity index (χ0n) is 32.4. The smallest absolute Gasteiger partial charge is 0.328 e. The Hall–Kier alpha value is -7.74. The zero-order valence-corrected chi connectivity index (χ0v) is 32.4. The molecule has 2 saturated heterocycles.